The first-order chi connectivity index (χ1) is 11.3. The molecule has 0 saturated carbocycles. The van der Waals surface area contributed by atoms with E-state index in [4.69, 9.17) is 16.3 Å². The number of pyridine rings is 1. The highest BCUT2D eigenvalue weighted by Crippen LogP contribution is 2.29. The molecular formula is C15H10ClF3N2O3. The summed E-state index contributed by atoms with van der Waals surface area (Å²) in [6, 6.07) is 6.60. The van der Waals surface area contributed by atoms with E-state index < -0.39 is 30.2 Å². The molecule has 0 fully saturated rings. The van der Waals surface area contributed by atoms with Crippen molar-refractivity contribution >= 4 is 29.2 Å². The quantitative estimate of drug-likeness (QED) is 0.849. The van der Waals surface area contributed by atoms with Gasteiger partial charge in [-0.25, -0.2) is 9.78 Å². The van der Waals surface area contributed by atoms with Crippen LogP contribution in [0.1, 0.15) is 16.1 Å². The average Bonchev–Trinajstić information content (AvgIpc) is 2.52. The third-order valence-corrected chi connectivity index (χ3v) is 3.00. The molecule has 0 spiro atoms. The fourth-order valence-corrected chi connectivity index (χ4v) is 1.82. The first-order valence-electron chi connectivity index (χ1n) is 6.51. The molecule has 1 aromatic carbocycles. The van der Waals surface area contributed by atoms with Crippen LogP contribution in [-0.4, -0.2) is 23.5 Å². The number of carbonyl (C=O) groups is 2. The lowest BCUT2D eigenvalue weighted by Gasteiger charge is -2.09. The monoisotopic (exact) mass is 358 g/mol. The molecule has 1 N–H and O–H groups in total. The van der Waals surface area contributed by atoms with Crippen LogP contribution in [0.25, 0.3) is 0 Å². The van der Waals surface area contributed by atoms with E-state index in [1.807, 2.05) is 0 Å². The molecule has 1 aromatic heterocycles. The van der Waals surface area contributed by atoms with Gasteiger partial charge in [-0.05, 0) is 36.4 Å². The van der Waals surface area contributed by atoms with Gasteiger partial charge in [0.2, 0.25) is 0 Å². The van der Waals surface area contributed by atoms with Crippen molar-refractivity contribution in [2.45, 2.75) is 6.18 Å². The van der Waals surface area contributed by atoms with Crippen molar-refractivity contribution in [3.8, 4) is 0 Å². The van der Waals surface area contributed by atoms with Gasteiger partial charge in [-0.15, -0.1) is 0 Å². The van der Waals surface area contributed by atoms with Gasteiger partial charge >= 0.3 is 12.1 Å². The molecule has 24 heavy (non-hydrogen) atoms. The molecule has 0 aliphatic rings. The summed E-state index contributed by atoms with van der Waals surface area (Å²) in [6.45, 7) is -0.617. The summed E-state index contributed by atoms with van der Waals surface area (Å²) in [5.41, 5.74) is -0.756. The molecule has 0 atom stereocenters. The Morgan fingerprint density at radius 1 is 1.17 bits per heavy atom. The topological polar surface area (TPSA) is 68.3 Å². The Morgan fingerprint density at radius 2 is 1.83 bits per heavy atom. The zero-order chi connectivity index (χ0) is 17.7. The van der Waals surface area contributed by atoms with Gasteiger partial charge < -0.3 is 10.1 Å². The third kappa shape index (κ3) is 4.95. The summed E-state index contributed by atoms with van der Waals surface area (Å²) >= 11 is 5.70. The lowest BCUT2D eigenvalue weighted by atomic mass is 10.2. The van der Waals surface area contributed by atoms with Gasteiger partial charge in [0.15, 0.2) is 6.61 Å². The second kappa shape index (κ2) is 7.31. The minimum atomic E-state index is -4.46. The Kier molecular flexibility index (Phi) is 5.40. The van der Waals surface area contributed by atoms with Crippen molar-refractivity contribution in [1.82, 2.24) is 4.98 Å². The fourth-order valence-electron chi connectivity index (χ4n) is 1.66. The molecule has 0 aliphatic carbocycles. The third-order valence-electron chi connectivity index (χ3n) is 2.76. The van der Waals surface area contributed by atoms with E-state index in [1.54, 1.807) is 0 Å². The second-order valence-corrected chi connectivity index (χ2v) is 5.00. The largest absolute Gasteiger partial charge is 0.451 e. The minimum Gasteiger partial charge on any atom is -0.451 e. The zero-order valence-electron chi connectivity index (χ0n) is 11.9. The van der Waals surface area contributed by atoms with Crippen LogP contribution in [0.5, 0.6) is 0 Å². The Hall–Kier alpha value is -2.61. The number of nitrogens with one attached hydrogen (secondary N) is 1. The van der Waals surface area contributed by atoms with Gasteiger partial charge in [0.05, 0.1) is 5.56 Å². The predicted molar refractivity (Wildman–Crippen MR) is 79.6 cm³/mol. The average molecular weight is 359 g/mol. The van der Waals surface area contributed by atoms with Crippen molar-refractivity contribution in [3.05, 3.63) is 58.9 Å². The maximum atomic E-state index is 12.4. The van der Waals surface area contributed by atoms with Crippen LogP contribution in [0.4, 0.5) is 18.9 Å². The van der Waals surface area contributed by atoms with Crippen LogP contribution in [0, 0.1) is 0 Å². The molecule has 2 rings (SSSR count). The van der Waals surface area contributed by atoms with E-state index >= 15 is 0 Å². The molecule has 5 nitrogen and oxygen atoms in total. The van der Waals surface area contributed by atoms with Gasteiger partial charge in [-0.2, -0.15) is 13.2 Å². The molecule has 9 heteroatoms. The first kappa shape index (κ1) is 17.7. The predicted octanol–water partition coefficient (Wildman–Crippen LogP) is 3.55. The summed E-state index contributed by atoms with van der Waals surface area (Å²) in [5.74, 6) is -1.55. The van der Waals surface area contributed by atoms with E-state index in [2.05, 4.69) is 10.3 Å². The highest BCUT2D eigenvalue weighted by molar-refractivity contribution is 6.30. The number of anilines is 1. The number of alkyl halides is 3. The Bertz CT molecular complexity index is 748. The molecule has 0 unspecified atom stereocenters. The van der Waals surface area contributed by atoms with Crippen LogP contribution in [0.2, 0.25) is 5.02 Å². The molecule has 0 aliphatic heterocycles. The lowest BCUT2D eigenvalue weighted by molar-refractivity contribution is -0.137. The van der Waals surface area contributed by atoms with Gasteiger partial charge in [0, 0.05) is 16.9 Å². The number of hydrogen-bond acceptors (Lipinski definition) is 4. The Morgan fingerprint density at radius 3 is 2.42 bits per heavy atom. The normalized spacial score (nSPS) is 11.0. The van der Waals surface area contributed by atoms with E-state index in [0.29, 0.717) is 0 Å². The Balaban J connectivity index is 1.88. The highest BCUT2D eigenvalue weighted by Gasteiger charge is 2.30. The number of benzene rings is 1. The number of aromatic nitrogens is 1. The molecule has 126 valence electrons. The van der Waals surface area contributed by atoms with Crippen LogP contribution < -0.4 is 5.32 Å². The second-order valence-electron chi connectivity index (χ2n) is 4.56. The van der Waals surface area contributed by atoms with E-state index in [0.717, 1.165) is 24.3 Å². The van der Waals surface area contributed by atoms with E-state index in [9.17, 15) is 22.8 Å². The number of nitrogens with zero attached hydrogens (tertiary/aromatic N) is 1. The highest BCUT2D eigenvalue weighted by atomic mass is 35.5. The summed E-state index contributed by atoms with van der Waals surface area (Å²) < 4.78 is 42.0. The van der Waals surface area contributed by atoms with Crippen molar-refractivity contribution in [1.29, 1.82) is 0 Å². The van der Waals surface area contributed by atoms with Gasteiger partial charge in [0.1, 0.15) is 5.69 Å². The number of esters is 1. The number of ether oxygens (including phenoxy) is 1. The van der Waals surface area contributed by atoms with Crippen molar-refractivity contribution in [3.63, 3.8) is 0 Å². The molecule has 2 aromatic rings. The maximum absolute atomic E-state index is 12.4. The molecule has 0 bridgehead atoms. The SMILES string of the molecule is O=C(COC(=O)c1cc(Cl)ccn1)Nc1ccc(C(F)(F)F)cc1. The van der Waals surface area contributed by atoms with Gasteiger partial charge in [-0.3, -0.25) is 4.79 Å². The Labute approximate surface area is 139 Å². The van der Waals surface area contributed by atoms with Crippen molar-refractivity contribution in [2.24, 2.45) is 0 Å². The minimum absolute atomic E-state index is 0.0650. The van der Waals surface area contributed by atoms with Crippen LogP contribution in [0.3, 0.4) is 0 Å². The standard InChI is InChI=1S/C15H10ClF3N2O3/c16-10-5-6-20-12(7-10)14(23)24-8-13(22)21-11-3-1-9(2-4-11)15(17,18)19/h1-7H,8H2,(H,21,22). The van der Waals surface area contributed by atoms with E-state index in [-0.39, 0.29) is 16.4 Å². The summed E-state index contributed by atoms with van der Waals surface area (Å²) in [6.07, 6.45) is -3.15. The summed E-state index contributed by atoms with van der Waals surface area (Å²) in [4.78, 5) is 27.0. The maximum Gasteiger partial charge on any atom is 0.416 e. The first-order valence-corrected chi connectivity index (χ1v) is 6.89. The number of carbonyl (C=O) groups excluding carboxylic acids is 2. The molecule has 1 heterocycles. The fraction of sp³-hybridized carbons (Fsp3) is 0.133. The van der Waals surface area contributed by atoms with E-state index in [1.165, 1.54) is 18.3 Å². The zero-order valence-corrected chi connectivity index (χ0v) is 12.7. The number of rotatable bonds is 4. The molecule has 0 saturated heterocycles. The smallest absolute Gasteiger partial charge is 0.416 e. The number of halogens is 4. The lowest BCUT2D eigenvalue weighted by Crippen LogP contribution is -2.21. The molecule has 0 radical (unpaired) electrons. The van der Waals surface area contributed by atoms with Gasteiger partial charge in [0.25, 0.3) is 5.91 Å². The van der Waals surface area contributed by atoms with Crippen LogP contribution in [0.15, 0.2) is 42.6 Å². The molecular weight excluding hydrogens is 349 g/mol. The van der Waals surface area contributed by atoms with Crippen molar-refractivity contribution in [2.75, 3.05) is 11.9 Å². The molecule has 1 amide bonds. The summed E-state index contributed by atoms with van der Waals surface area (Å²) in [5, 5.41) is 2.59. The number of hydrogen-bond donors (Lipinski definition) is 1. The van der Waals surface area contributed by atoms with Crippen molar-refractivity contribution < 1.29 is 27.5 Å². The van der Waals surface area contributed by atoms with Crippen LogP contribution >= 0.6 is 11.6 Å². The number of amides is 1. The van der Waals surface area contributed by atoms with Crippen LogP contribution in [-0.2, 0) is 15.7 Å². The summed E-state index contributed by atoms with van der Waals surface area (Å²) in [7, 11) is 0. The van der Waals surface area contributed by atoms with Gasteiger partial charge in [-0.1, -0.05) is 11.6 Å².